The second-order valence-electron chi connectivity index (χ2n) is 5.93. The number of nitrogens with one attached hydrogen (secondary N) is 1. The smallest absolute Gasteiger partial charge is 0.254 e. The van der Waals surface area contributed by atoms with Crippen LogP contribution in [0.1, 0.15) is 5.56 Å². The molecule has 4 rings (SSSR count). The standard InChI is InChI=1S/C20H15N3O3/c24-17-7-6-12(10-18(17)25)9-14(16-11-22-16)20(26)23-15-5-1-3-13-4-2-8-21-19(13)15/h1-11,16,24-25H,(H,23,26)/b14-9+. The summed E-state index contributed by atoms with van der Waals surface area (Å²) in [6, 6.07) is 13.5. The lowest BCUT2D eigenvalue weighted by molar-refractivity contribution is -0.112. The van der Waals surface area contributed by atoms with Gasteiger partial charge in [0, 0.05) is 23.4 Å². The van der Waals surface area contributed by atoms with Gasteiger partial charge in [-0.2, -0.15) is 0 Å². The second-order valence-corrected chi connectivity index (χ2v) is 5.93. The molecule has 1 atom stereocenters. The lowest BCUT2D eigenvalue weighted by Crippen LogP contribution is -2.18. The van der Waals surface area contributed by atoms with Gasteiger partial charge in [0.05, 0.1) is 11.2 Å². The van der Waals surface area contributed by atoms with E-state index in [1.54, 1.807) is 30.6 Å². The van der Waals surface area contributed by atoms with E-state index in [2.05, 4.69) is 15.3 Å². The Kier molecular flexibility index (Phi) is 3.85. The minimum atomic E-state index is -0.293. The molecular formula is C20H15N3O3. The van der Waals surface area contributed by atoms with Crippen molar-refractivity contribution in [2.45, 2.75) is 6.04 Å². The van der Waals surface area contributed by atoms with Crippen LogP contribution in [0.3, 0.4) is 0 Å². The Morgan fingerprint density at radius 1 is 1.08 bits per heavy atom. The largest absolute Gasteiger partial charge is 0.504 e. The maximum Gasteiger partial charge on any atom is 0.254 e. The zero-order valence-electron chi connectivity index (χ0n) is 13.6. The van der Waals surface area contributed by atoms with Crippen LogP contribution >= 0.6 is 0 Å². The Balaban J connectivity index is 1.65. The number of hydrogen-bond acceptors (Lipinski definition) is 5. The lowest BCUT2D eigenvalue weighted by atomic mass is 10.1. The molecule has 1 unspecified atom stereocenters. The van der Waals surface area contributed by atoms with Gasteiger partial charge in [0.25, 0.3) is 5.91 Å². The molecule has 2 aromatic carbocycles. The van der Waals surface area contributed by atoms with E-state index >= 15 is 0 Å². The molecule has 3 N–H and O–H groups in total. The number of benzene rings is 2. The summed E-state index contributed by atoms with van der Waals surface area (Å²) in [5, 5.41) is 22.9. The van der Waals surface area contributed by atoms with Gasteiger partial charge >= 0.3 is 0 Å². The molecule has 1 amide bonds. The highest BCUT2D eigenvalue weighted by molar-refractivity contribution is 6.14. The number of aliphatic imine (C=N–C) groups is 1. The van der Waals surface area contributed by atoms with E-state index in [-0.39, 0.29) is 23.4 Å². The summed E-state index contributed by atoms with van der Waals surface area (Å²) >= 11 is 0. The Bertz CT molecular complexity index is 1060. The molecule has 3 aromatic rings. The SMILES string of the molecule is O=C(Nc1cccc2cccnc12)/C(=C/c1ccc(O)c(O)c1)C1C=N1. The van der Waals surface area contributed by atoms with Crippen LogP contribution in [-0.4, -0.2) is 33.4 Å². The Morgan fingerprint density at radius 2 is 1.88 bits per heavy atom. The van der Waals surface area contributed by atoms with Crippen molar-refractivity contribution in [2.75, 3.05) is 5.32 Å². The number of pyridine rings is 1. The number of amides is 1. The zero-order chi connectivity index (χ0) is 18.1. The molecule has 6 heteroatoms. The molecule has 0 aliphatic carbocycles. The van der Waals surface area contributed by atoms with Crippen molar-refractivity contribution in [2.24, 2.45) is 4.99 Å². The van der Waals surface area contributed by atoms with Crippen molar-refractivity contribution >= 4 is 34.8 Å². The van der Waals surface area contributed by atoms with E-state index in [0.29, 0.717) is 22.3 Å². The number of aromatic hydroxyl groups is 2. The van der Waals surface area contributed by atoms with Gasteiger partial charge in [-0.1, -0.05) is 24.3 Å². The summed E-state index contributed by atoms with van der Waals surface area (Å²) < 4.78 is 0. The van der Waals surface area contributed by atoms with Crippen molar-refractivity contribution in [1.29, 1.82) is 0 Å². The van der Waals surface area contributed by atoms with Gasteiger partial charge in [0.1, 0.15) is 6.04 Å². The van der Waals surface area contributed by atoms with E-state index in [0.717, 1.165) is 5.39 Å². The van der Waals surface area contributed by atoms with Gasteiger partial charge in [-0.05, 0) is 35.9 Å². The lowest BCUT2D eigenvalue weighted by Gasteiger charge is -2.10. The van der Waals surface area contributed by atoms with E-state index in [4.69, 9.17) is 0 Å². The Labute approximate surface area is 149 Å². The van der Waals surface area contributed by atoms with E-state index in [9.17, 15) is 15.0 Å². The summed E-state index contributed by atoms with van der Waals surface area (Å²) in [7, 11) is 0. The molecule has 128 valence electrons. The van der Waals surface area contributed by atoms with Crippen LogP contribution in [-0.2, 0) is 4.79 Å². The average Bonchev–Trinajstić information content (AvgIpc) is 3.48. The molecule has 1 aliphatic heterocycles. The quantitative estimate of drug-likeness (QED) is 0.500. The van der Waals surface area contributed by atoms with Gasteiger partial charge in [0.15, 0.2) is 11.5 Å². The maximum atomic E-state index is 12.8. The van der Waals surface area contributed by atoms with Gasteiger partial charge in [-0.3, -0.25) is 14.8 Å². The topological polar surface area (TPSA) is 94.8 Å². The second kappa shape index (κ2) is 6.33. The number of para-hydroxylation sites is 1. The first-order valence-electron chi connectivity index (χ1n) is 8.04. The molecular weight excluding hydrogens is 330 g/mol. The van der Waals surface area contributed by atoms with E-state index < -0.39 is 0 Å². The fourth-order valence-corrected chi connectivity index (χ4v) is 2.70. The number of phenolic OH excluding ortho intramolecular Hbond substituents is 2. The van der Waals surface area contributed by atoms with E-state index in [1.165, 1.54) is 12.1 Å². The average molecular weight is 345 g/mol. The van der Waals surface area contributed by atoms with Gasteiger partial charge in [0.2, 0.25) is 0 Å². The molecule has 0 radical (unpaired) electrons. The summed E-state index contributed by atoms with van der Waals surface area (Å²) in [5.74, 6) is -0.746. The van der Waals surface area contributed by atoms with Crippen LogP contribution in [0.5, 0.6) is 11.5 Å². The number of nitrogens with zero attached hydrogens (tertiary/aromatic N) is 2. The minimum Gasteiger partial charge on any atom is -0.504 e. The van der Waals surface area contributed by atoms with Gasteiger partial charge in [-0.15, -0.1) is 0 Å². The third-order valence-corrected chi connectivity index (χ3v) is 4.08. The van der Waals surface area contributed by atoms with Crippen molar-refractivity contribution < 1.29 is 15.0 Å². The molecule has 26 heavy (non-hydrogen) atoms. The molecule has 0 bridgehead atoms. The number of hydrogen-bond donors (Lipinski definition) is 3. The fraction of sp³-hybridized carbons (Fsp3) is 0.0500. The normalized spacial score (nSPS) is 15.8. The molecule has 0 fully saturated rings. The number of carbonyl (C=O) groups excluding carboxylic acids is 1. The highest BCUT2D eigenvalue weighted by Gasteiger charge is 2.25. The number of anilines is 1. The summed E-state index contributed by atoms with van der Waals surface area (Å²) in [6.07, 6.45) is 5.00. The first-order valence-corrected chi connectivity index (χ1v) is 8.04. The summed E-state index contributed by atoms with van der Waals surface area (Å²) in [4.78, 5) is 21.2. The van der Waals surface area contributed by atoms with Gasteiger partial charge < -0.3 is 15.5 Å². The Hall–Kier alpha value is -3.67. The van der Waals surface area contributed by atoms with Crippen LogP contribution < -0.4 is 5.32 Å². The molecule has 0 saturated carbocycles. The van der Waals surface area contributed by atoms with Crippen molar-refractivity contribution in [3.8, 4) is 11.5 Å². The molecule has 0 saturated heterocycles. The minimum absolute atomic E-state index is 0.211. The molecule has 6 nitrogen and oxygen atoms in total. The summed E-state index contributed by atoms with van der Waals surface area (Å²) in [5.41, 5.74) is 2.37. The first-order chi connectivity index (χ1) is 12.6. The van der Waals surface area contributed by atoms with Crippen molar-refractivity contribution in [3.63, 3.8) is 0 Å². The predicted molar refractivity (Wildman–Crippen MR) is 100 cm³/mol. The van der Waals surface area contributed by atoms with Crippen molar-refractivity contribution in [3.05, 3.63) is 65.9 Å². The highest BCUT2D eigenvalue weighted by atomic mass is 16.3. The van der Waals surface area contributed by atoms with Gasteiger partial charge in [-0.25, -0.2) is 0 Å². The number of carbonyl (C=O) groups is 1. The van der Waals surface area contributed by atoms with Crippen LogP contribution in [0, 0.1) is 0 Å². The van der Waals surface area contributed by atoms with Crippen LogP contribution in [0.2, 0.25) is 0 Å². The molecule has 2 heterocycles. The predicted octanol–water partition coefficient (Wildman–Crippen LogP) is 3.12. The maximum absolute atomic E-state index is 12.8. The Morgan fingerprint density at radius 3 is 2.65 bits per heavy atom. The third kappa shape index (κ3) is 3.12. The number of fused-ring (bicyclic) bond motifs is 1. The fourth-order valence-electron chi connectivity index (χ4n) is 2.70. The molecule has 1 aliphatic rings. The number of aromatic nitrogens is 1. The number of rotatable bonds is 4. The van der Waals surface area contributed by atoms with E-state index in [1.807, 2.05) is 24.3 Å². The van der Waals surface area contributed by atoms with Crippen LogP contribution in [0.15, 0.2) is 65.3 Å². The highest BCUT2D eigenvalue weighted by Crippen LogP contribution is 2.28. The monoisotopic (exact) mass is 345 g/mol. The van der Waals surface area contributed by atoms with Crippen molar-refractivity contribution in [1.82, 2.24) is 4.98 Å². The van der Waals surface area contributed by atoms with Crippen LogP contribution in [0.25, 0.3) is 17.0 Å². The van der Waals surface area contributed by atoms with Crippen LogP contribution in [0.4, 0.5) is 5.69 Å². The number of phenols is 2. The zero-order valence-corrected chi connectivity index (χ0v) is 13.6. The molecule has 1 aromatic heterocycles. The first kappa shape index (κ1) is 15.8. The molecule has 0 spiro atoms. The third-order valence-electron chi connectivity index (χ3n) is 4.08. The summed E-state index contributed by atoms with van der Waals surface area (Å²) in [6.45, 7) is 0.